The molecule has 0 bridgehead atoms. The van der Waals surface area contributed by atoms with Gasteiger partial charge in [0.15, 0.2) is 12.1 Å². The van der Waals surface area contributed by atoms with Gasteiger partial charge in [0.25, 0.3) is 11.8 Å². The molecule has 0 saturated carbocycles. The molecule has 29 heavy (non-hydrogen) atoms. The predicted molar refractivity (Wildman–Crippen MR) is 108 cm³/mol. The van der Waals surface area contributed by atoms with Gasteiger partial charge in [0.1, 0.15) is 6.54 Å². The number of nitrogens with zero attached hydrogens (tertiary/aromatic N) is 4. The van der Waals surface area contributed by atoms with Gasteiger partial charge in [-0.3, -0.25) is 19.4 Å². The Bertz CT molecular complexity index is 1050. The van der Waals surface area contributed by atoms with Crippen LogP contribution in [0, 0.1) is 13.8 Å². The topological polar surface area (TPSA) is 94.4 Å². The van der Waals surface area contributed by atoms with Crippen molar-refractivity contribution in [3.8, 4) is 0 Å². The normalized spacial score (nSPS) is 20.4. The molecule has 148 valence electrons. The highest BCUT2D eigenvalue weighted by atomic mass is 35.5. The van der Waals surface area contributed by atoms with E-state index >= 15 is 0 Å². The molecule has 8 nitrogen and oxygen atoms in total. The Morgan fingerprint density at radius 1 is 1.14 bits per heavy atom. The van der Waals surface area contributed by atoms with Crippen LogP contribution < -0.4 is 10.2 Å². The van der Waals surface area contributed by atoms with E-state index < -0.39 is 23.9 Å². The molecule has 0 unspecified atom stereocenters. The van der Waals surface area contributed by atoms with Crippen LogP contribution in [0.2, 0.25) is 5.02 Å². The Hall–Kier alpha value is -3.26. The lowest BCUT2D eigenvalue weighted by molar-refractivity contribution is -0.123. The van der Waals surface area contributed by atoms with Crippen molar-refractivity contribution < 1.29 is 14.4 Å². The molecule has 2 heterocycles. The molecule has 9 heteroatoms. The summed E-state index contributed by atoms with van der Waals surface area (Å²) in [5, 5.41) is 12.3. The molecule has 3 amide bonds. The number of amides is 3. The molecule has 1 fully saturated rings. The summed E-state index contributed by atoms with van der Waals surface area (Å²) >= 11 is 5.98. The first kappa shape index (κ1) is 19.1. The van der Waals surface area contributed by atoms with Gasteiger partial charge in [-0.15, -0.1) is 0 Å². The summed E-state index contributed by atoms with van der Waals surface area (Å²) < 4.78 is 0. The van der Waals surface area contributed by atoms with E-state index in [0.717, 1.165) is 16.0 Å². The molecule has 2 aliphatic heterocycles. The van der Waals surface area contributed by atoms with Gasteiger partial charge in [0, 0.05) is 10.7 Å². The van der Waals surface area contributed by atoms with Gasteiger partial charge < -0.3 is 5.32 Å². The van der Waals surface area contributed by atoms with Crippen molar-refractivity contribution >= 4 is 40.7 Å². The maximum absolute atomic E-state index is 12.9. The third-order valence-corrected chi connectivity index (χ3v) is 5.12. The van der Waals surface area contributed by atoms with Crippen molar-refractivity contribution in [2.45, 2.75) is 25.9 Å². The Balaban J connectivity index is 1.49. The van der Waals surface area contributed by atoms with E-state index in [4.69, 9.17) is 11.6 Å². The SMILES string of the molecule is Cc1ccc(NC(=O)CN2N=N[C@@H]3C(=O)N(c4cccc(Cl)c4)C(=O)[C@@H]32)c(C)c1. The van der Waals surface area contributed by atoms with Gasteiger partial charge in [-0.2, -0.15) is 5.11 Å². The second-order valence-electron chi connectivity index (χ2n) is 7.05. The molecule has 2 aromatic carbocycles. The standard InChI is InChI=1S/C20H18ClN5O3/c1-11-6-7-15(12(2)8-11)22-16(27)10-25-18-17(23-24-25)19(28)26(20(18)29)14-5-3-4-13(21)9-14/h3-9,17-18H,10H2,1-2H3,(H,22,27)/t17-,18+/m0/s1. The summed E-state index contributed by atoms with van der Waals surface area (Å²) in [5.74, 6) is -1.31. The van der Waals surface area contributed by atoms with Gasteiger partial charge in [0.05, 0.1) is 5.69 Å². The van der Waals surface area contributed by atoms with Crippen LogP contribution in [0.25, 0.3) is 0 Å². The summed E-state index contributed by atoms with van der Waals surface area (Å²) in [6.07, 6.45) is 0. The van der Waals surface area contributed by atoms with Crippen molar-refractivity contribution in [3.63, 3.8) is 0 Å². The summed E-state index contributed by atoms with van der Waals surface area (Å²) in [6.45, 7) is 3.67. The van der Waals surface area contributed by atoms with Crippen LogP contribution in [0.3, 0.4) is 0 Å². The number of carbonyl (C=O) groups is 3. The van der Waals surface area contributed by atoms with Crippen LogP contribution in [-0.2, 0) is 14.4 Å². The molecule has 0 spiro atoms. The number of hydrogen-bond acceptors (Lipinski definition) is 6. The van der Waals surface area contributed by atoms with Crippen molar-refractivity contribution in [2.24, 2.45) is 10.3 Å². The number of imide groups is 1. The molecule has 0 radical (unpaired) electrons. The van der Waals surface area contributed by atoms with Crippen molar-refractivity contribution in [1.29, 1.82) is 0 Å². The average molecular weight is 412 g/mol. The quantitative estimate of drug-likeness (QED) is 0.782. The second kappa shape index (κ2) is 7.29. The molecule has 2 atom stereocenters. The largest absolute Gasteiger partial charge is 0.324 e. The van der Waals surface area contributed by atoms with Gasteiger partial charge in [-0.05, 0) is 43.7 Å². The third kappa shape index (κ3) is 3.47. The first-order valence-electron chi connectivity index (χ1n) is 9.03. The van der Waals surface area contributed by atoms with E-state index in [1.165, 1.54) is 11.1 Å². The van der Waals surface area contributed by atoms with Crippen molar-refractivity contribution in [3.05, 3.63) is 58.6 Å². The molecule has 1 saturated heterocycles. The molecule has 0 aliphatic carbocycles. The lowest BCUT2D eigenvalue weighted by Gasteiger charge is -2.20. The van der Waals surface area contributed by atoms with Crippen LogP contribution in [-0.4, -0.2) is 41.4 Å². The Morgan fingerprint density at radius 2 is 1.93 bits per heavy atom. The lowest BCUT2D eigenvalue weighted by Crippen LogP contribution is -2.43. The number of anilines is 2. The number of carbonyl (C=O) groups excluding carboxylic acids is 3. The number of halogens is 1. The third-order valence-electron chi connectivity index (χ3n) is 4.89. The zero-order valence-electron chi connectivity index (χ0n) is 15.8. The van der Waals surface area contributed by atoms with Crippen molar-refractivity contribution in [1.82, 2.24) is 5.01 Å². The van der Waals surface area contributed by atoms with Gasteiger partial charge in [0.2, 0.25) is 5.91 Å². The van der Waals surface area contributed by atoms with E-state index in [1.807, 2.05) is 32.0 Å². The monoisotopic (exact) mass is 411 g/mol. The first-order chi connectivity index (χ1) is 13.8. The molecule has 4 rings (SSSR count). The smallest absolute Gasteiger partial charge is 0.263 e. The molecule has 0 aromatic heterocycles. The maximum atomic E-state index is 12.9. The average Bonchev–Trinajstić information content (AvgIpc) is 3.17. The van der Waals surface area contributed by atoms with Crippen LogP contribution in [0.1, 0.15) is 11.1 Å². The predicted octanol–water partition coefficient (Wildman–Crippen LogP) is 2.89. The van der Waals surface area contributed by atoms with E-state index in [2.05, 4.69) is 15.7 Å². The number of nitrogens with one attached hydrogen (secondary N) is 1. The molecule has 2 aliphatic rings. The summed E-state index contributed by atoms with van der Waals surface area (Å²) in [7, 11) is 0. The summed E-state index contributed by atoms with van der Waals surface area (Å²) in [6, 6.07) is 10.2. The number of aryl methyl sites for hydroxylation is 2. The maximum Gasteiger partial charge on any atom is 0.263 e. The minimum absolute atomic E-state index is 0.194. The van der Waals surface area contributed by atoms with Crippen LogP contribution in [0.15, 0.2) is 52.8 Å². The van der Waals surface area contributed by atoms with E-state index in [-0.39, 0.29) is 12.5 Å². The molecular formula is C20H18ClN5O3. The van der Waals surface area contributed by atoms with Crippen LogP contribution >= 0.6 is 11.6 Å². The second-order valence-corrected chi connectivity index (χ2v) is 7.49. The minimum atomic E-state index is -0.963. The number of rotatable bonds is 4. The Kier molecular flexibility index (Phi) is 4.79. The fourth-order valence-electron chi connectivity index (χ4n) is 3.51. The lowest BCUT2D eigenvalue weighted by atomic mass is 10.1. The van der Waals surface area contributed by atoms with Gasteiger partial charge >= 0.3 is 0 Å². The molecule has 2 aromatic rings. The van der Waals surface area contributed by atoms with E-state index in [9.17, 15) is 14.4 Å². The van der Waals surface area contributed by atoms with Crippen molar-refractivity contribution in [2.75, 3.05) is 16.8 Å². The highest BCUT2D eigenvalue weighted by molar-refractivity contribution is 6.31. The minimum Gasteiger partial charge on any atom is -0.324 e. The van der Waals surface area contributed by atoms with E-state index in [0.29, 0.717) is 16.4 Å². The highest BCUT2D eigenvalue weighted by Gasteiger charge is 2.55. The number of benzene rings is 2. The highest BCUT2D eigenvalue weighted by Crippen LogP contribution is 2.32. The van der Waals surface area contributed by atoms with Crippen LogP contribution in [0.4, 0.5) is 11.4 Å². The van der Waals surface area contributed by atoms with Gasteiger partial charge in [-0.1, -0.05) is 40.6 Å². The Labute approximate surface area is 172 Å². The number of fused-ring (bicyclic) bond motifs is 1. The van der Waals surface area contributed by atoms with E-state index in [1.54, 1.807) is 18.2 Å². The zero-order chi connectivity index (χ0) is 20.7. The fraction of sp³-hybridized carbons (Fsp3) is 0.250. The fourth-order valence-corrected chi connectivity index (χ4v) is 3.70. The van der Waals surface area contributed by atoms with Gasteiger partial charge in [-0.25, -0.2) is 4.90 Å². The van der Waals surface area contributed by atoms with Crippen LogP contribution in [0.5, 0.6) is 0 Å². The molecular weight excluding hydrogens is 394 g/mol. The molecule has 1 N–H and O–H groups in total. The summed E-state index contributed by atoms with van der Waals surface area (Å²) in [5.41, 5.74) is 3.07. The first-order valence-corrected chi connectivity index (χ1v) is 9.41. The zero-order valence-corrected chi connectivity index (χ0v) is 16.6. The number of hydrogen-bond donors (Lipinski definition) is 1. The Morgan fingerprint density at radius 3 is 2.66 bits per heavy atom. The summed E-state index contributed by atoms with van der Waals surface area (Å²) in [4.78, 5) is 39.2.